The lowest BCUT2D eigenvalue weighted by molar-refractivity contribution is 0.109. The number of rotatable bonds is 1. The van der Waals surface area contributed by atoms with Gasteiger partial charge in [0.25, 0.3) is 0 Å². The highest BCUT2D eigenvalue weighted by atomic mass is 16.5. The van der Waals surface area contributed by atoms with Gasteiger partial charge in [-0.15, -0.1) is 0 Å². The van der Waals surface area contributed by atoms with Crippen molar-refractivity contribution >= 4 is 0 Å². The van der Waals surface area contributed by atoms with Crippen molar-refractivity contribution in [3.63, 3.8) is 0 Å². The number of fused-ring (bicyclic) bond motifs is 2. The maximum atomic E-state index is 5.81. The SMILES string of the molecule is c1cnc2c(c1)OCC(c1ccc3c(n1)CCOC3)C2. The molecule has 0 saturated heterocycles. The fourth-order valence-corrected chi connectivity index (χ4v) is 2.85. The van der Waals surface area contributed by atoms with E-state index in [4.69, 9.17) is 14.5 Å². The topological polar surface area (TPSA) is 44.2 Å². The Morgan fingerprint density at radius 2 is 2.15 bits per heavy atom. The zero-order valence-corrected chi connectivity index (χ0v) is 11.2. The third-order valence-electron chi connectivity index (χ3n) is 3.98. The molecule has 1 unspecified atom stereocenters. The Kier molecular flexibility index (Phi) is 2.89. The lowest BCUT2D eigenvalue weighted by atomic mass is 9.95. The van der Waals surface area contributed by atoms with Gasteiger partial charge >= 0.3 is 0 Å². The molecule has 102 valence electrons. The molecule has 1 atom stereocenters. The summed E-state index contributed by atoms with van der Waals surface area (Å²) in [5.41, 5.74) is 4.55. The summed E-state index contributed by atoms with van der Waals surface area (Å²) in [5, 5.41) is 0. The fraction of sp³-hybridized carbons (Fsp3) is 0.375. The largest absolute Gasteiger partial charge is 0.491 e. The second kappa shape index (κ2) is 4.87. The van der Waals surface area contributed by atoms with E-state index in [9.17, 15) is 0 Å². The molecule has 0 N–H and O–H groups in total. The third-order valence-corrected chi connectivity index (χ3v) is 3.98. The van der Waals surface area contributed by atoms with Crippen LogP contribution in [0.1, 0.15) is 28.6 Å². The van der Waals surface area contributed by atoms with Gasteiger partial charge in [0.1, 0.15) is 5.75 Å². The first-order valence-electron chi connectivity index (χ1n) is 7.03. The number of nitrogens with zero attached hydrogens (tertiary/aromatic N) is 2. The Morgan fingerprint density at radius 3 is 3.15 bits per heavy atom. The molecule has 0 bridgehead atoms. The van der Waals surface area contributed by atoms with E-state index in [1.807, 2.05) is 18.3 Å². The maximum absolute atomic E-state index is 5.81. The second-order valence-corrected chi connectivity index (χ2v) is 5.30. The molecule has 0 aliphatic carbocycles. The zero-order valence-electron chi connectivity index (χ0n) is 11.2. The van der Waals surface area contributed by atoms with Gasteiger partial charge in [0.15, 0.2) is 0 Å². The highest BCUT2D eigenvalue weighted by molar-refractivity contribution is 5.33. The first-order chi connectivity index (χ1) is 9.90. The predicted octanol–water partition coefficient (Wildman–Crippen LogP) is 2.27. The van der Waals surface area contributed by atoms with E-state index < -0.39 is 0 Å². The Morgan fingerprint density at radius 1 is 1.15 bits per heavy atom. The summed E-state index contributed by atoms with van der Waals surface area (Å²) in [4.78, 5) is 9.23. The summed E-state index contributed by atoms with van der Waals surface area (Å²) in [6.45, 7) is 2.14. The van der Waals surface area contributed by atoms with Gasteiger partial charge < -0.3 is 9.47 Å². The van der Waals surface area contributed by atoms with Crippen molar-refractivity contribution in [3.05, 3.63) is 53.1 Å². The highest BCUT2D eigenvalue weighted by Gasteiger charge is 2.24. The maximum Gasteiger partial charge on any atom is 0.140 e. The molecule has 4 heterocycles. The van der Waals surface area contributed by atoms with Crippen molar-refractivity contribution in [2.75, 3.05) is 13.2 Å². The minimum Gasteiger partial charge on any atom is -0.491 e. The van der Waals surface area contributed by atoms with Crippen LogP contribution in [0.25, 0.3) is 0 Å². The molecule has 2 aliphatic rings. The molecule has 0 aromatic carbocycles. The number of pyridine rings is 2. The second-order valence-electron chi connectivity index (χ2n) is 5.30. The number of aromatic nitrogens is 2. The van der Waals surface area contributed by atoms with E-state index in [1.165, 1.54) is 11.3 Å². The number of hydrogen-bond donors (Lipinski definition) is 0. The lowest BCUT2D eigenvalue weighted by Gasteiger charge is -2.25. The van der Waals surface area contributed by atoms with Crippen molar-refractivity contribution in [2.45, 2.75) is 25.4 Å². The molecule has 0 amide bonds. The molecule has 2 aromatic rings. The lowest BCUT2D eigenvalue weighted by Crippen LogP contribution is -2.22. The van der Waals surface area contributed by atoms with Crippen molar-refractivity contribution in [3.8, 4) is 5.75 Å². The first kappa shape index (κ1) is 11.9. The van der Waals surface area contributed by atoms with Crippen LogP contribution >= 0.6 is 0 Å². The summed E-state index contributed by atoms with van der Waals surface area (Å²) >= 11 is 0. The summed E-state index contributed by atoms with van der Waals surface area (Å²) < 4.78 is 11.3. The van der Waals surface area contributed by atoms with E-state index in [0.717, 1.165) is 36.6 Å². The van der Waals surface area contributed by atoms with Gasteiger partial charge in [-0.25, -0.2) is 0 Å². The number of hydrogen-bond acceptors (Lipinski definition) is 4. The molecule has 4 heteroatoms. The summed E-state index contributed by atoms with van der Waals surface area (Å²) in [7, 11) is 0. The Hall–Kier alpha value is -1.94. The number of ether oxygens (including phenoxy) is 2. The summed E-state index contributed by atoms with van der Waals surface area (Å²) in [6, 6.07) is 8.15. The summed E-state index contributed by atoms with van der Waals surface area (Å²) in [6.07, 6.45) is 3.63. The van der Waals surface area contributed by atoms with Crippen LogP contribution in [0.3, 0.4) is 0 Å². The molecule has 0 saturated carbocycles. The van der Waals surface area contributed by atoms with E-state index in [2.05, 4.69) is 17.1 Å². The average Bonchev–Trinajstić information content (AvgIpc) is 2.54. The van der Waals surface area contributed by atoms with E-state index in [-0.39, 0.29) is 0 Å². The molecule has 0 fully saturated rings. The quantitative estimate of drug-likeness (QED) is 0.796. The van der Waals surface area contributed by atoms with Crippen LogP contribution in [-0.4, -0.2) is 23.2 Å². The average molecular weight is 268 g/mol. The molecule has 4 nitrogen and oxygen atoms in total. The molecule has 2 aliphatic heterocycles. The Balaban J connectivity index is 1.63. The smallest absolute Gasteiger partial charge is 0.140 e. The molecule has 2 aromatic heterocycles. The van der Waals surface area contributed by atoms with Crippen LogP contribution in [0.5, 0.6) is 5.75 Å². The van der Waals surface area contributed by atoms with Crippen molar-refractivity contribution < 1.29 is 9.47 Å². The fourth-order valence-electron chi connectivity index (χ4n) is 2.85. The van der Waals surface area contributed by atoms with Gasteiger partial charge in [-0.05, 0) is 23.8 Å². The van der Waals surface area contributed by atoms with Crippen molar-refractivity contribution in [1.29, 1.82) is 0 Å². The van der Waals surface area contributed by atoms with Crippen molar-refractivity contribution in [2.24, 2.45) is 0 Å². The normalized spacial score (nSPS) is 20.7. The van der Waals surface area contributed by atoms with Gasteiger partial charge in [0, 0.05) is 36.3 Å². The molecule has 4 rings (SSSR count). The molecule has 0 radical (unpaired) electrons. The molecular weight excluding hydrogens is 252 g/mol. The van der Waals surface area contributed by atoms with Gasteiger partial charge in [-0.2, -0.15) is 0 Å². The van der Waals surface area contributed by atoms with Gasteiger partial charge in [0.2, 0.25) is 0 Å². The summed E-state index contributed by atoms with van der Waals surface area (Å²) in [5.74, 6) is 1.21. The standard InChI is InChI=1S/C16H16N2O2/c1-2-16-15(17-6-1)8-12(10-20-16)13-4-3-11-9-19-7-5-14(11)18-13/h1-4,6,12H,5,7-10H2. The minimum atomic E-state index is 0.297. The van der Waals surface area contributed by atoms with E-state index in [0.29, 0.717) is 19.1 Å². The van der Waals surface area contributed by atoms with Crippen LogP contribution in [0, 0.1) is 0 Å². The van der Waals surface area contributed by atoms with Gasteiger partial charge in [0.05, 0.1) is 25.5 Å². The van der Waals surface area contributed by atoms with Crippen LogP contribution < -0.4 is 4.74 Å². The van der Waals surface area contributed by atoms with Crippen LogP contribution in [0.15, 0.2) is 30.5 Å². The molecular formula is C16H16N2O2. The Labute approximate surface area is 117 Å². The predicted molar refractivity (Wildman–Crippen MR) is 73.8 cm³/mol. The van der Waals surface area contributed by atoms with Gasteiger partial charge in [-0.1, -0.05) is 6.07 Å². The van der Waals surface area contributed by atoms with Crippen LogP contribution in [0.2, 0.25) is 0 Å². The monoisotopic (exact) mass is 268 g/mol. The van der Waals surface area contributed by atoms with E-state index >= 15 is 0 Å². The van der Waals surface area contributed by atoms with Crippen LogP contribution in [0.4, 0.5) is 0 Å². The highest BCUT2D eigenvalue weighted by Crippen LogP contribution is 2.30. The Bertz CT molecular complexity index is 642. The first-order valence-corrected chi connectivity index (χ1v) is 7.03. The third kappa shape index (κ3) is 2.06. The minimum absolute atomic E-state index is 0.297. The van der Waals surface area contributed by atoms with Crippen molar-refractivity contribution in [1.82, 2.24) is 9.97 Å². The molecule has 20 heavy (non-hydrogen) atoms. The zero-order chi connectivity index (χ0) is 13.4. The molecule has 0 spiro atoms. The van der Waals surface area contributed by atoms with Gasteiger partial charge in [-0.3, -0.25) is 9.97 Å². The van der Waals surface area contributed by atoms with Crippen LogP contribution in [-0.2, 0) is 24.2 Å². The van der Waals surface area contributed by atoms with E-state index in [1.54, 1.807) is 0 Å².